The Morgan fingerprint density at radius 2 is 2.12 bits per heavy atom. The second-order valence-corrected chi connectivity index (χ2v) is 4.61. The lowest BCUT2D eigenvalue weighted by Gasteiger charge is -2.19. The summed E-state index contributed by atoms with van der Waals surface area (Å²) in [5.41, 5.74) is 6.41. The summed E-state index contributed by atoms with van der Waals surface area (Å²) >= 11 is 0. The number of benzene rings is 1. The maximum atomic E-state index is 11.3. The van der Waals surface area contributed by atoms with Crippen LogP contribution in [-0.2, 0) is 16.6 Å². The van der Waals surface area contributed by atoms with Crippen molar-refractivity contribution >= 4 is 21.9 Å². The molecule has 0 spiro atoms. The van der Waals surface area contributed by atoms with Gasteiger partial charge < -0.3 is 5.73 Å². The summed E-state index contributed by atoms with van der Waals surface area (Å²) < 4.78 is 23.1. The topological polar surface area (TPSA) is 113 Å². The summed E-state index contributed by atoms with van der Waals surface area (Å²) in [6.45, 7) is 1.94. The molecule has 0 heterocycles. The summed E-state index contributed by atoms with van der Waals surface area (Å²) in [7, 11) is -4.06. The van der Waals surface area contributed by atoms with Gasteiger partial charge in [0.2, 0.25) is 5.96 Å². The lowest BCUT2D eigenvalue weighted by molar-refractivity contribution is 0.598. The minimum Gasteiger partial charge on any atom is -0.369 e. The Morgan fingerprint density at radius 1 is 1.50 bits per heavy atom. The van der Waals surface area contributed by atoms with Crippen LogP contribution in [0.15, 0.2) is 24.3 Å². The van der Waals surface area contributed by atoms with Crippen LogP contribution >= 0.6 is 0 Å². The summed E-state index contributed by atoms with van der Waals surface area (Å²) in [5.74, 6) is -0.629. The molecule has 0 unspecified atom stereocenters. The van der Waals surface area contributed by atoms with Crippen LogP contribution in [0.25, 0.3) is 0 Å². The van der Waals surface area contributed by atoms with Crippen molar-refractivity contribution in [2.24, 2.45) is 10.9 Å². The van der Waals surface area contributed by atoms with E-state index < -0.39 is 16.2 Å². The van der Waals surface area contributed by atoms with Gasteiger partial charge in [0, 0.05) is 0 Å². The highest BCUT2D eigenvalue weighted by molar-refractivity contribution is 7.91. The molecule has 0 saturated heterocycles. The molecule has 0 amide bonds. The number of aryl methyl sites for hydroxylation is 1. The number of hydrogen-bond acceptors (Lipinski definition) is 3. The number of nitrogens with one attached hydrogen (secondary N) is 1. The molecule has 0 saturated carbocycles. The molecule has 0 aliphatic rings. The van der Waals surface area contributed by atoms with E-state index in [2.05, 4.69) is 0 Å². The molecule has 0 atom stereocenters. The highest BCUT2D eigenvalue weighted by atomic mass is 32.2. The Morgan fingerprint density at radius 3 is 2.56 bits per heavy atom. The van der Waals surface area contributed by atoms with Crippen LogP contribution < -0.4 is 15.2 Å². The van der Waals surface area contributed by atoms with Crippen LogP contribution in [0.5, 0.6) is 0 Å². The van der Waals surface area contributed by atoms with Crippen molar-refractivity contribution in [2.75, 3.05) is 4.31 Å². The van der Waals surface area contributed by atoms with Gasteiger partial charge in [-0.05, 0) is 24.1 Å². The Hall–Kier alpha value is -1.60. The van der Waals surface area contributed by atoms with Gasteiger partial charge in [0.1, 0.15) is 0 Å². The zero-order chi connectivity index (χ0) is 12.3. The monoisotopic (exact) mass is 242 g/mol. The van der Waals surface area contributed by atoms with Gasteiger partial charge in [-0.15, -0.1) is 0 Å². The molecule has 0 bridgehead atoms. The van der Waals surface area contributed by atoms with Gasteiger partial charge in [-0.2, -0.15) is 12.7 Å². The molecule has 1 aromatic carbocycles. The van der Waals surface area contributed by atoms with Crippen LogP contribution in [0.4, 0.5) is 5.69 Å². The van der Waals surface area contributed by atoms with E-state index in [1.54, 1.807) is 12.1 Å². The zero-order valence-corrected chi connectivity index (χ0v) is 9.66. The Balaban J connectivity index is 3.27. The smallest absolute Gasteiger partial charge is 0.305 e. The minimum absolute atomic E-state index is 0.273. The van der Waals surface area contributed by atoms with E-state index in [9.17, 15) is 8.42 Å². The number of nitrogens with two attached hydrogens (primary N) is 2. The Bertz CT molecular complexity index is 498. The summed E-state index contributed by atoms with van der Waals surface area (Å²) in [4.78, 5) is 0. The molecule has 1 aromatic rings. The minimum atomic E-state index is -4.06. The van der Waals surface area contributed by atoms with E-state index in [1.807, 2.05) is 13.0 Å². The van der Waals surface area contributed by atoms with Crippen LogP contribution in [-0.4, -0.2) is 14.4 Å². The van der Waals surface area contributed by atoms with Crippen molar-refractivity contribution in [1.82, 2.24) is 0 Å². The lowest BCUT2D eigenvalue weighted by atomic mass is 10.1. The third-order valence-electron chi connectivity index (χ3n) is 2.03. The van der Waals surface area contributed by atoms with Gasteiger partial charge >= 0.3 is 10.2 Å². The average Bonchev–Trinajstić information content (AvgIpc) is 2.15. The Labute approximate surface area is 94.5 Å². The normalized spacial score (nSPS) is 11.1. The molecule has 0 fully saturated rings. The molecule has 6 nitrogen and oxygen atoms in total. The number of guanidine groups is 1. The van der Waals surface area contributed by atoms with E-state index >= 15 is 0 Å². The van der Waals surface area contributed by atoms with Crippen molar-refractivity contribution in [3.8, 4) is 0 Å². The second kappa shape index (κ2) is 4.50. The fourth-order valence-electron chi connectivity index (χ4n) is 1.33. The first kappa shape index (κ1) is 12.5. The molecule has 88 valence electrons. The van der Waals surface area contributed by atoms with E-state index in [4.69, 9.17) is 16.3 Å². The third kappa shape index (κ3) is 2.71. The predicted octanol–water partition coefficient (Wildman–Crippen LogP) is 0.152. The average molecular weight is 242 g/mol. The molecular formula is C9H14N4O2S. The van der Waals surface area contributed by atoms with E-state index in [-0.39, 0.29) is 5.69 Å². The molecule has 16 heavy (non-hydrogen) atoms. The van der Waals surface area contributed by atoms with Gasteiger partial charge in [-0.25, -0.2) is 5.14 Å². The van der Waals surface area contributed by atoms with Gasteiger partial charge in [0.25, 0.3) is 0 Å². The second-order valence-electron chi connectivity index (χ2n) is 3.22. The van der Waals surface area contributed by atoms with E-state index in [0.29, 0.717) is 4.31 Å². The first-order chi connectivity index (χ1) is 7.36. The van der Waals surface area contributed by atoms with Gasteiger partial charge in [-0.1, -0.05) is 19.1 Å². The maximum absolute atomic E-state index is 11.3. The molecular weight excluding hydrogens is 228 g/mol. The zero-order valence-electron chi connectivity index (χ0n) is 8.84. The van der Waals surface area contributed by atoms with Crippen LogP contribution in [0.2, 0.25) is 0 Å². The number of rotatable bonds is 3. The highest BCUT2D eigenvalue weighted by Crippen LogP contribution is 2.17. The largest absolute Gasteiger partial charge is 0.369 e. The van der Waals surface area contributed by atoms with Crippen LogP contribution in [0.3, 0.4) is 0 Å². The molecule has 0 aliphatic heterocycles. The standard InChI is InChI=1S/C9H14N4O2S/c1-2-7-4-3-5-8(6-7)13(9(10)11)16(12,14)15/h3-6H,2H2,1H3,(H3,10,11)(H2,12,14,15). The fraction of sp³-hybridized carbons (Fsp3) is 0.222. The van der Waals surface area contributed by atoms with Crippen molar-refractivity contribution < 1.29 is 8.42 Å². The molecule has 7 heteroatoms. The predicted molar refractivity (Wildman–Crippen MR) is 63.3 cm³/mol. The maximum Gasteiger partial charge on any atom is 0.305 e. The molecule has 1 rings (SSSR count). The van der Waals surface area contributed by atoms with Crippen LogP contribution in [0.1, 0.15) is 12.5 Å². The van der Waals surface area contributed by atoms with Gasteiger partial charge in [-0.3, -0.25) is 5.41 Å². The lowest BCUT2D eigenvalue weighted by Crippen LogP contribution is -2.45. The molecule has 5 N–H and O–H groups in total. The van der Waals surface area contributed by atoms with Crippen molar-refractivity contribution in [3.63, 3.8) is 0 Å². The van der Waals surface area contributed by atoms with Gasteiger partial charge in [0.15, 0.2) is 0 Å². The van der Waals surface area contributed by atoms with E-state index in [0.717, 1.165) is 12.0 Å². The number of anilines is 1. The first-order valence-corrected chi connectivity index (χ1v) is 6.12. The van der Waals surface area contributed by atoms with Crippen molar-refractivity contribution in [2.45, 2.75) is 13.3 Å². The fourth-order valence-corrected chi connectivity index (χ4v) is 2.01. The summed E-state index contributed by atoms with van der Waals surface area (Å²) in [6.07, 6.45) is 0.754. The first-order valence-electron chi connectivity index (χ1n) is 4.62. The quantitative estimate of drug-likeness (QED) is 0.518. The molecule has 0 radical (unpaired) electrons. The van der Waals surface area contributed by atoms with Crippen molar-refractivity contribution in [3.05, 3.63) is 29.8 Å². The summed E-state index contributed by atoms with van der Waals surface area (Å²) in [6, 6.07) is 6.71. The number of nitrogens with zero attached hydrogens (tertiary/aromatic N) is 1. The van der Waals surface area contributed by atoms with E-state index in [1.165, 1.54) is 6.07 Å². The van der Waals surface area contributed by atoms with Crippen LogP contribution in [0, 0.1) is 5.41 Å². The highest BCUT2D eigenvalue weighted by Gasteiger charge is 2.20. The molecule has 0 aliphatic carbocycles. The van der Waals surface area contributed by atoms with Gasteiger partial charge in [0.05, 0.1) is 5.69 Å². The SMILES string of the molecule is CCc1cccc(N(C(=N)N)S(N)(=O)=O)c1. The third-order valence-corrected chi connectivity index (χ3v) is 2.94. The molecule has 0 aromatic heterocycles. The van der Waals surface area contributed by atoms with Crippen molar-refractivity contribution in [1.29, 1.82) is 5.41 Å². The Kier molecular flexibility index (Phi) is 3.51. The summed E-state index contributed by atoms with van der Waals surface area (Å²) in [5, 5.41) is 12.2. The number of hydrogen-bond donors (Lipinski definition) is 3.